The zero-order valence-electron chi connectivity index (χ0n) is 13.5. The second kappa shape index (κ2) is 7.49. The maximum atomic E-state index is 13.5. The molecule has 3 amide bonds. The first-order valence-corrected chi connectivity index (χ1v) is 9.89. The van der Waals surface area contributed by atoms with Gasteiger partial charge in [0.25, 0.3) is 5.91 Å². The summed E-state index contributed by atoms with van der Waals surface area (Å²) < 4.78 is 16.0. The molecule has 0 atom stereocenters. The Hall–Kier alpha value is -2.00. The number of imide groups is 1. The number of carbonyl (C=O) groups is 3. The van der Waals surface area contributed by atoms with Crippen molar-refractivity contribution in [3.8, 4) is 0 Å². The minimum Gasteiger partial charge on any atom is -0.316 e. The first kappa shape index (κ1) is 17.8. The lowest BCUT2D eigenvalue weighted by Crippen LogP contribution is -2.34. The average Bonchev–Trinajstić information content (AvgIpc) is 3.06. The minimum absolute atomic E-state index is 0.141. The van der Waals surface area contributed by atoms with Crippen molar-refractivity contribution in [1.29, 1.82) is 0 Å². The summed E-state index contributed by atoms with van der Waals surface area (Å²) in [5.41, 5.74) is 0.806. The number of likely N-dealkylation sites (tertiary alicyclic amines) is 1. The SMILES string of the molecule is CSCCn1c(=NC(=O)CN2C(=O)CCC2=O)sc2cc(F)ccc21. The highest BCUT2D eigenvalue weighted by atomic mass is 32.2. The fourth-order valence-electron chi connectivity index (χ4n) is 2.61. The average molecular weight is 381 g/mol. The molecule has 9 heteroatoms. The van der Waals surface area contributed by atoms with E-state index in [1.54, 1.807) is 17.8 Å². The van der Waals surface area contributed by atoms with E-state index in [1.807, 2.05) is 10.8 Å². The second-order valence-corrected chi connectivity index (χ2v) is 7.51. The maximum absolute atomic E-state index is 13.5. The molecule has 3 rings (SSSR count). The molecule has 132 valence electrons. The maximum Gasteiger partial charge on any atom is 0.268 e. The quantitative estimate of drug-likeness (QED) is 0.740. The third kappa shape index (κ3) is 3.82. The van der Waals surface area contributed by atoms with Crippen molar-refractivity contribution in [2.45, 2.75) is 19.4 Å². The number of thioether (sulfide) groups is 1. The molecule has 2 aromatic rings. The number of aryl methyl sites for hydroxylation is 1. The molecule has 1 aliphatic heterocycles. The van der Waals surface area contributed by atoms with E-state index >= 15 is 0 Å². The molecule has 25 heavy (non-hydrogen) atoms. The Morgan fingerprint density at radius 1 is 1.32 bits per heavy atom. The fourth-order valence-corrected chi connectivity index (χ4v) is 4.07. The lowest BCUT2D eigenvalue weighted by molar-refractivity contribution is -0.141. The molecule has 0 unspecified atom stereocenters. The van der Waals surface area contributed by atoms with Crippen LogP contribution in [0.1, 0.15) is 12.8 Å². The molecule has 1 aromatic heterocycles. The molecule has 0 radical (unpaired) electrons. The largest absolute Gasteiger partial charge is 0.316 e. The summed E-state index contributed by atoms with van der Waals surface area (Å²) >= 11 is 2.87. The Morgan fingerprint density at radius 2 is 2.04 bits per heavy atom. The summed E-state index contributed by atoms with van der Waals surface area (Å²) in [5, 5.41) is 0. The number of aromatic nitrogens is 1. The third-order valence-electron chi connectivity index (χ3n) is 3.83. The number of hydrogen-bond acceptors (Lipinski definition) is 5. The van der Waals surface area contributed by atoms with Gasteiger partial charge in [0.15, 0.2) is 4.80 Å². The van der Waals surface area contributed by atoms with Crippen LogP contribution in [-0.2, 0) is 20.9 Å². The topological polar surface area (TPSA) is 71.7 Å². The molecule has 1 fully saturated rings. The van der Waals surface area contributed by atoms with Gasteiger partial charge in [0.2, 0.25) is 11.8 Å². The van der Waals surface area contributed by atoms with Crippen LogP contribution in [0.4, 0.5) is 4.39 Å². The molecule has 2 heterocycles. The summed E-state index contributed by atoms with van der Waals surface area (Å²) in [5.74, 6) is -0.789. The Bertz CT molecular complexity index is 903. The van der Waals surface area contributed by atoms with Gasteiger partial charge in [-0.25, -0.2) is 4.39 Å². The summed E-state index contributed by atoms with van der Waals surface area (Å²) in [6, 6.07) is 4.45. The highest BCUT2D eigenvalue weighted by Crippen LogP contribution is 2.19. The number of nitrogens with zero attached hydrogens (tertiary/aromatic N) is 3. The molecule has 0 spiro atoms. The first-order chi connectivity index (χ1) is 12.0. The van der Waals surface area contributed by atoms with Crippen LogP contribution in [0.15, 0.2) is 23.2 Å². The van der Waals surface area contributed by atoms with Gasteiger partial charge in [-0.1, -0.05) is 11.3 Å². The van der Waals surface area contributed by atoms with E-state index in [-0.39, 0.29) is 37.0 Å². The lowest BCUT2D eigenvalue weighted by Gasteiger charge is -2.10. The molecule has 6 nitrogen and oxygen atoms in total. The third-order valence-corrected chi connectivity index (χ3v) is 5.46. The van der Waals surface area contributed by atoms with Crippen LogP contribution in [0.3, 0.4) is 0 Å². The van der Waals surface area contributed by atoms with Crippen molar-refractivity contribution in [3.63, 3.8) is 0 Å². The second-order valence-electron chi connectivity index (χ2n) is 5.52. The van der Waals surface area contributed by atoms with E-state index in [9.17, 15) is 18.8 Å². The molecule has 1 aromatic carbocycles. The van der Waals surface area contributed by atoms with Crippen LogP contribution in [0, 0.1) is 5.82 Å². The number of fused-ring (bicyclic) bond motifs is 1. The van der Waals surface area contributed by atoms with Crippen molar-refractivity contribution < 1.29 is 18.8 Å². The highest BCUT2D eigenvalue weighted by molar-refractivity contribution is 7.98. The number of rotatable bonds is 5. The zero-order chi connectivity index (χ0) is 18.0. The lowest BCUT2D eigenvalue weighted by atomic mass is 10.3. The summed E-state index contributed by atoms with van der Waals surface area (Å²) in [6.45, 7) is 0.281. The van der Waals surface area contributed by atoms with Crippen molar-refractivity contribution >= 4 is 51.0 Å². The van der Waals surface area contributed by atoms with Crippen LogP contribution in [0.5, 0.6) is 0 Å². The Balaban J connectivity index is 1.95. The molecule has 0 bridgehead atoms. The van der Waals surface area contributed by atoms with Gasteiger partial charge in [-0.2, -0.15) is 16.8 Å². The van der Waals surface area contributed by atoms with Crippen LogP contribution in [-0.4, -0.2) is 45.7 Å². The fraction of sp³-hybridized carbons (Fsp3) is 0.375. The smallest absolute Gasteiger partial charge is 0.268 e. The standard InChI is InChI=1S/C16H16FN3O3S2/c1-24-7-6-19-11-3-2-10(17)8-12(11)25-16(19)18-13(21)9-20-14(22)4-5-15(20)23/h2-3,8H,4-7,9H2,1H3. The monoisotopic (exact) mass is 381 g/mol. The predicted molar refractivity (Wildman–Crippen MR) is 94.7 cm³/mol. The Labute approximate surface area is 151 Å². The minimum atomic E-state index is -0.562. The van der Waals surface area contributed by atoms with E-state index in [4.69, 9.17) is 0 Å². The zero-order valence-corrected chi connectivity index (χ0v) is 15.2. The predicted octanol–water partition coefficient (Wildman–Crippen LogP) is 1.78. The van der Waals surface area contributed by atoms with Gasteiger partial charge in [-0.3, -0.25) is 19.3 Å². The van der Waals surface area contributed by atoms with Crippen molar-refractivity contribution in [3.05, 3.63) is 28.8 Å². The van der Waals surface area contributed by atoms with Crippen molar-refractivity contribution in [2.75, 3.05) is 18.6 Å². The summed E-state index contributed by atoms with van der Waals surface area (Å²) in [6.07, 6.45) is 2.26. The first-order valence-electron chi connectivity index (χ1n) is 7.68. The van der Waals surface area contributed by atoms with Gasteiger partial charge >= 0.3 is 0 Å². The molecule has 0 N–H and O–H groups in total. The molecular formula is C16H16FN3O3S2. The molecule has 0 saturated carbocycles. The van der Waals surface area contributed by atoms with E-state index in [0.717, 1.165) is 16.2 Å². The molecule has 1 saturated heterocycles. The van der Waals surface area contributed by atoms with Gasteiger partial charge < -0.3 is 4.57 Å². The van der Waals surface area contributed by atoms with E-state index < -0.39 is 5.91 Å². The molecule has 1 aliphatic rings. The van der Waals surface area contributed by atoms with Gasteiger partial charge in [0.05, 0.1) is 10.2 Å². The Kier molecular flexibility index (Phi) is 5.33. The number of thiazole rings is 1. The van der Waals surface area contributed by atoms with Gasteiger partial charge in [-0.05, 0) is 24.5 Å². The number of amides is 3. The molecule has 0 aliphatic carbocycles. The van der Waals surface area contributed by atoms with E-state index in [0.29, 0.717) is 16.0 Å². The number of benzene rings is 1. The number of halogens is 1. The number of hydrogen-bond donors (Lipinski definition) is 0. The van der Waals surface area contributed by atoms with Gasteiger partial charge in [-0.15, -0.1) is 0 Å². The van der Waals surface area contributed by atoms with E-state index in [1.165, 1.54) is 23.5 Å². The van der Waals surface area contributed by atoms with Crippen molar-refractivity contribution in [1.82, 2.24) is 9.47 Å². The Morgan fingerprint density at radius 3 is 2.72 bits per heavy atom. The van der Waals surface area contributed by atoms with E-state index in [2.05, 4.69) is 4.99 Å². The molecular weight excluding hydrogens is 365 g/mol. The van der Waals surface area contributed by atoms with Gasteiger partial charge in [0.1, 0.15) is 12.4 Å². The van der Waals surface area contributed by atoms with Crippen LogP contribution in [0.25, 0.3) is 10.2 Å². The highest BCUT2D eigenvalue weighted by Gasteiger charge is 2.30. The van der Waals surface area contributed by atoms with Crippen molar-refractivity contribution in [2.24, 2.45) is 4.99 Å². The van der Waals surface area contributed by atoms with Crippen LogP contribution < -0.4 is 4.80 Å². The van der Waals surface area contributed by atoms with Crippen LogP contribution >= 0.6 is 23.1 Å². The number of carbonyl (C=O) groups excluding carboxylic acids is 3. The van der Waals surface area contributed by atoms with Gasteiger partial charge in [0, 0.05) is 25.1 Å². The normalized spacial score (nSPS) is 15.6. The summed E-state index contributed by atoms with van der Waals surface area (Å²) in [7, 11) is 0. The summed E-state index contributed by atoms with van der Waals surface area (Å²) in [4.78, 5) is 40.9. The van der Waals surface area contributed by atoms with Crippen LogP contribution in [0.2, 0.25) is 0 Å².